The minimum absolute atomic E-state index is 0.0777. The average Bonchev–Trinajstić information content (AvgIpc) is 2.46. The van der Waals surface area contributed by atoms with E-state index in [0.29, 0.717) is 17.1 Å². The zero-order valence-electron chi connectivity index (χ0n) is 12.4. The van der Waals surface area contributed by atoms with E-state index in [4.69, 9.17) is 20.3 Å². The van der Waals surface area contributed by atoms with Crippen molar-refractivity contribution in [3.05, 3.63) is 23.8 Å². The first-order valence-electron chi connectivity index (χ1n) is 7.02. The highest BCUT2D eigenvalue weighted by Gasteiger charge is 2.22. The quantitative estimate of drug-likeness (QED) is 0.850. The predicted octanol–water partition coefficient (Wildman–Crippen LogP) is 1.25. The lowest BCUT2D eigenvalue weighted by atomic mass is 10.1. The summed E-state index contributed by atoms with van der Waals surface area (Å²) in [5, 5.41) is 9.01. The number of likely N-dealkylation sites (tertiary alicyclic amines) is 1. The van der Waals surface area contributed by atoms with Gasteiger partial charge in [-0.25, -0.2) is 0 Å². The summed E-state index contributed by atoms with van der Waals surface area (Å²) in [5.74, 6) is 0.0695. The van der Waals surface area contributed by atoms with E-state index in [1.807, 2.05) is 0 Å². The number of carboxylic acids is 1. The van der Waals surface area contributed by atoms with Crippen LogP contribution in [0.2, 0.25) is 0 Å². The number of nitrogens with zero attached hydrogens (tertiary/aromatic N) is 1. The van der Waals surface area contributed by atoms with Crippen LogP contribution in [0.3, 0.4) is 0 Å². The highest BCUT2D eigenvalue weighted by molar-refractivity contribution is 5.75. The molecule has 0 amide bonds. The Morgan fingerprint density at radius 1 is 1.48 bits per heavy atom. The summed E-state index contributed by atoms with van der Waals surface area (Å²) < 4.78 is 11.3. The molecular weight excluding hydrogens is 272 g/mol. The molecule has 1 saturated heterocycles. The van der Waals surface area contributed by atoms with Crippen molar-refractivity contribution in [2.24, 2.45) is 5.73 Å². The third-order valence-corrected chi connectivity index (χ3v) is 3.69. The van der Waals surface area contributed by atoms with Gasteiger partial charge < -0.3 is 25.2 Å². The first-order valence-corrected chi connectivity index (χ1v) is 7.02. The maximum atomic E-state index is 11.0. The number of rotatable bonds is 5. The third kappa shape index (κ3) is 3.86. The zero-order valence-corrected chi connectivity index (χ0v) is 12.4. The van der Waals surface area contributed by atoms with E-state index < -0.39 is 12.0 Å². The Bertz CT molecular complexity index is 506. The van der Waals surface area contributed by atoms with E-state index in [1.165, 1.54) is 0 Å². The second kappa shape index (κ2) is 6.78. The molecule has 1 aromatic rings. The molecule has 3 N–H and O–H groups in total. The third-order valence-electron chi connectivity index (χ3n) is 3.69. The standard InChI is InChI=1S/C15H22N2O4/c1-17-7-3-4-11(9-17)21-13-8-10(14(16)15(18)19)5-6-12(13)20-2/h5-6,8,11,14H,3-4,7,9,16H2,1-2H3,(H,18,19). The predicted molar refractivity (Wildman–Crippen MR) is 78.7 cm³/mol. The summed E-state index contributed by atoms with van der Waals surface area (Å²) in [5.41, 5.74) is 6.15. The SMILES string of the molecule is COc1ccc(C(N)C(=O)O)cc1OC1CCCN(C)C1. The van der Waals surface area contributed by atoms with Crippen molar-refractivity contribution < 1.29 is 19.4 Å². The van der Waals surface area contributed by atoms with Gasteiger partial charge >= 0.3 is 5.97 Å². The van der Waals surface area contributed by atoms with Gasteiger partial charge in [-0.05, 0) is 44.1 Å². The van der Waals surface area contributed by atoms with Gasteiger partial charge in [-0.2, -0.15) is 0 Å². The van der Waals surface area contributed by atoms with Gasteiger partial charge in [-0.15, -0.1) is 0 Å². The number of piperidine rings is 1. The topological polar surface area (TPSA) is 85.0 Å². The van der Waals surface area contributed by atoms with Crippen molar-refractivity contribution in [2.75, 3.05) is 27.2 Å². The summed E-state index contributed by atoms with van der Waals surface area (Å²) >= 11 is 0. The van der Waals surface area contributed by atoms with Crippen molar-refractivity contribution in [3.63, 3.8) is 0 Å². The second-order valence-electron chi connectivity index (χ2n) is 5.37. The monoisotopic (exact) mass is 294 g/mol. The van der Waals surface area contributed by atoms with Crippen LogP contribution in [0.4, 0.5) is 0 Å². The molecule has 1 aromatic carbocycles. The number of benzene rings is 1. The Morgan fingerprint density at radius 2 is 2.24 bits per heavy atom. The summed E-state index contributed by atoms with van der Waals surface area (Å²) in [6.07, 6.45) is 2.13. The van der Waals surface area contributed by atoms with Crippen LogP contribution in [0.5, 0.6) is 11.5 Å². The molecule has 21 heavy (non-hydrogen) atoms. The Labute approximate surface area is 124 Å². The van der Waals surface area contributed by atoms with Gasteiger partial charge in [-0.1, -0.05) is 6.07 Å². The molecule has 0 aliphatic carbocycles. The van der Waals surface area contributed by atoms with E-state index in [2.05, 4.69) is 11.9 Å². The fourth-order valence-electron chi connectivity index (χ4n) is 2.52. The van der Waals surface area contributed by atoms with Crippen molar-refractivity contribution in [1.82, 2.24) is 4.90 Å². The van der Waals surface area contributed by atoms with Gasteiger partial charge in [0.1, 0.15) is 12.1 Å². The minimum atomic E-state index is -1.07. The van der Waals surface area contributed by atoms with Crippen LogP contribution < -0.4 is 15.2 Å². The lowest BCUT2D eigenvalue weighted by molar-refractivity contribution is -0.138. The second-order valence-corrected chi connectivity index (χ2v) is 5.37. The van der Waals surface area contributed by atoms with Gasteiger partial charge in [0.15, 0.2) is 11.5 Å². The van der Waals surface area contributed by atoms with Crippen molar-refractivity contribution >= 4 is 5.97 Å². The van der Waals surface area contributed by atoms with Crippen molar-refractivity contribution in [1.29, 1.82) is 0 Å². The number of carbonyl (C=O) groups is 1. The largest absolute Gasteiger partial charge is 0.493 e. The normalized spacial score (nSPS) is 20.8. The molecule has 6 nitrogen and oxygen atoms in total. The van der Waals surface area contributed by atoms with Crippen molar-refractivity contribution in [2.45, 2.75) is 25.0 Å². The van der Waals surface area contributed by atoms with Gasteiger partial charge in [0.05, 0.1) is 7.11 Å². The highest BCUT2D eigenvalue weighted by Crippen LogP contribution is 2.32. The molecule has 0 aromatic heterocycles. The Morgan fingerprint density at radius 3 is 2.86 bits per heavy atom. The molecule has 6 heteroatoms. The van der Waals surface area contributed by atoms with Gasteiger partial charge in [0.25, 0.3) is 0 Å². The molecule has 1 aliphatic rings. The number of aliphatic carboxylic acids is 1. The smallest absolute Gasteiger partial charge is 0.325 e. The zero-order chi connectivity index (χ0) is 15.4. The molecule has 1 heterocycles. The maximum absolute atomic E-state index is 11.0. The maximum Gasteiger partial charge on any atom is 0.325 e. The lowest BCUT2D eigenvalue weighted by Crippen LogP contribution is -2.38. The van der Waals surface area contributed by atoms with E-state index in [9.17, 15) is 4.79 Å². The summed E-state index contributed by atoms with van der Waals surface area (Å²) in [6.45, 7) is 1.92. The van der Waals surface area contributed by atoms with Gasteiger partial charge in [-0.3, -0.25) is 4.79 Å². The van der Waals surface area contributed by atoms with Crippen LogP contribution in [0, 0.1) is 0 Å². The van der Waals surface area contributed by atoms with Crippen molar-refractivity contribution in [3.8, 4) is 11.5 Å². The molecule has 116 valence electrons. The number of ether oxygens (including phenoxy) is 2. The Kier molecular flexibility index (Phi) is 5.03. The first-order chi connectivity index (χ1) is 10.0. The molecule has 0 radical (unpaired) electrons. The first kappa shape index (κ1) is 15.6. The molecule has 0 bridgehead atoms. The van der Waals surface area contributed by atoms with Crippen LogP contribution in [-0.4, -0.2) is 49.3 Å². The summed E-state index contributed by atoms with van der Waals surface area (Å²) in [6, 6.07) is 3.94. The number of likely N-dealkylation sites (N-methyl/N-ethyl adjacent to an activating group) is 1. The Hall–Kier alpha value is -1.79. The molecule has 2 atom stereocenters. The van der Waals surface area contributed by atoms with E-state index >= 15 is 0 Å². The van der Waals surface area contributed by atoms with Crippen LogP contribution in [0.15, 0.2) is 18.2 Å². The molecule has 1 aliphatic heterocycles. The number of hydrogen-bond acceptors (Lipinski definition) is 5. The number of carboxylic acid groups (broad SMARTS) is 1. The fraction of sp³-hybridized carbons (Fsp3) is 0.533. The van der Waals surface area contributed by atoms with Gasteiger partial charge in [0, 0.05) is 6.54 Å². The fourth-order valence-corrected chi connectivity index (χ4v) is 2.52. The van der Waals surface area contributed by atoms with E-state index in [-0.39, 0.29) is 6.10 Å². The average molecular weight is 294 g/mol. The Balaban J connectivity index is 2.19. The minimum Gasteiger partial charge on any atom is -0.493 e. The number of hydrogen-bond donors (Lipinski definition) is 2. The lowest BCUT2D eigenvalue weighted by Gasteiger charge is -2.30. The molecule has 0 saturated carbocycles. The highest BCUT2D eigenvalue weighted by atomic mass is 16.5. The van der Waals surface area contributed by atoms with E-state index in [1.54, 1.807) is 25.3 Å². The van der Waals surface area contributed by atoms with Gasteiger partial charge in [0.2, 0.25) is 0 Å². The number of methoxy groups -OCH3 is 1. The van der Waals surface area contributed by atoms with Crippen LogP contribution >= 0.6 is 0 Å². The summed E-state index contributed by atoms with van der Waals surface area (Å²) in [4.78, 5) is 13.2. The molecule has 2 unspecified atom stereocenters. The molecule has 0 spiro atoms. The van der Waals surface area contributed by atoms with Crippen LogP contribution in [-0.2, 0) is 4.79 Å². The van der Waals surface area contributed by atoms with Crippen LogP contribution in [0.1, 0.15) is 24.4 Å². The van der Waals surface area contributed by atoms with E-state index in [0.717, 1.165) is 25.9 Å². The summed E-state index contributed by atoms with van der Waals surface area (Å²) in [7, 11) is 3.62. The molecule has 1 fully saturated rings. The molecule has 2 rings (SSSR count). The van der Waals surface area contributed by atoms with Crippen LogP contribution in [0.25, 0.3) is 0 Å². The molecular formula is C15H22N2O4. The number of nitrogens with two attached hydrogens (primary N) is 1.